The normalized spacial score (nSPS) is 9.88. The third kappa shape index (κ3) is 2.39. The second-order valence-corrected chi connectivity index (χ2v) is 3.61. The van der Waals surface area contributed by atoms with Crippen molar-refractivity contribution in [3.63, 3.8) is 0 Å². The van der Waals surface area contributed by atoms with Gasteiger partial charge in [-0.1, -0.05) is 6.08 Å². The molecule has 0 aliphatic heterocycles. The molecule has 0 atom stereocenters. The lowest BCUT2D eigenvalue weighted by Gasteiger charge is -2.04. The highest BCUT2D eigenvalue weighted by molar-refractivity contribution is 5.99. The predicted octanol–water partition coefficient (Wildman–Crippen LogP) is 1.75. The van der Waals surface area contributed by atoms with Gasteiger partial charge in [-0.25, -0.2) is 0 Å². The van der Waals surface area contributed by atoms with Crippen LogP contribution in [0.2, 0.25) is 0 Å². The van der Waals surface area contributed by atoms with E-state index in [0.717, 1.165) is 18.4 Å². The highest BCUT2D eigenvalue weighted by Crippen LogP contribution is 2.16. The number of aromatic amines is 1. The summed E-state index contributed by atoms with van der Waals surface area (Å²) in [4.78, 5) is 25.4. The van der Waals surface area contributed by atoms with Crippen molar-refractivity contribution >= 4 is 12.2 Å². The van der Waals surface area contributed by atoms with Gasteiger partial charge in [0.05, 0.1) is 11.3 Å². The molecule has 16 heavy (non-hydrogen) atoms. The third-order valence-electron chi connectivity index (χ3n) is 2.46. The van der Waals surface area contributed by atoms with Gasteiger partial charge in [-0.2, -0.15) is 0 Å². The molecule has 4 nitrogen and oxygen atoms in total. The van der Waals surface area contributed by atoms with Crippen LogP contribution in [-0.2, 0) is 0 Å². The second kappa shape index (κ2) is 5.30. The fourth-order valence-electron chi connectivity index (χ4n) is 1.61. The summed E-state index contributed by atoms with van der Waals surface area (Å²) in [5.74, 6) is -0.152. The van der Waals surface area contributed by atoms with E-state index >= 15 is 0 Å². The van der Waals surface area contributed by atoms with E-state index in [1.807, 2.05) is 0 Å². The van der Waals surface area contributed by atoms with Gasteiger partial charge in [-0.3, -0.25) is 9.59 Å². The van der Waals surface area contributed by atoms with E-state index in [1.54, 1.807) is 19.9 Å². The lowest BCUT2D eigenvalue weighted by molar-refractivity contribution is 0.0953. The Morgan fingerprint density at radius 3 is 2.69 bits per heavy atom. The molecular formula is C12H16N2O2. The smallest absolute Gasteiger partial charge is 0.253 e. The van der Waals surface area contributed by atoms with Crippen LogP contribution < -0.4 is 5.32 Å². The van der Waals surface area contributed by atoms with Crippen LogP contribution in [0.5, 0.6) is 0 Å². The Hall–Kier alpha value is -1.84. The molecule has 0 aliphatic carbocycles. The molecule has 4 heteroatoms. The van der Waals surface area contributed by atoms with E-state index < -0.39 is 0 Å². The molecule has 0 radical (unpaired) electrons. The van der Waals surface area contributed by atoms with E-state index in [1.165, 1.54) is 0 Å². The zero-order valence-electron chi connectivity index (χ0n) is 9.59. The van der Waals surface area contributed by atoms with E-state index in [4.69, 9.17) is 0 Å². The molecule has 0 bridgehead atoms. The van der Waals surface area contributed by atoms with Crippen molar-refractivity contribution in [2.24, 2.45) is 0 Å². The first kappa shape index (κ1) is 12.2. The zero-order valence-corrected chi connectivity index (χ0v) is 9.59. The molecule has 2 N–H and O–H groups in total. The van der Waals surface area contributed by atoms with Crippen LogP contribution in [-0.4, -0.2) is 23.7 Å². The number of carbonyl (C=O) groups excluding carboxylic acids is 2. The Labute approximate surface area is 94.7 Å². The largest absolute Gasteiger partial charge is 0.356 e. The van der Waals surface area contributed by atoms with Gasteiger partial charge in [-0.15, -0.1) is 6.58 Å². The number of carbonyl (C=O) groups is 2. The Morgan fingerprint density at radius 1 is 1.50 bits per heavy atom. The van der Waals surface area contributed by atoms with Gasteiger partial charge in [0.15, 0.2) is 6.29 Å². The van der Waals surface area contributed by atoms with Crippen molar-refractivity contribution in [2.75, 3.05) is 6.54 Å². The number of aromatic nitrogens is 1. The van der Waals surface area contributed by atoms with Gasteiger partial charge in [0, 0.05) is 12.2 Å². The first-order valence-electron chi connectivity index (χ1n) is 5.15. The molecule has 1 rings (SSSR count). The van der Waals surface area contributed by atoms with Crippen LogP contribution in [0.3, 0.4) is 0 Å². The van der Waals surface area contributed by atoms with Crippen molar-refractivity contribution in [3.05, 3.63) is 35.2 Å². The summed E-state index contributed by atoms with van der Waals surface area (Å²) in [6.45, 7) is 7.68. The summed E-state index contributed by atoms with van der Waals surface area (Å²) in [5, 5.41) is 2.77. The maximum atomic E-state index is 11.8. The summed E-state index contributed by atoms with van der Waals surface area (Å²) >= 11 is 0. The van der Waals surface area contributed by atoms with Crippen molar-refractivity contribution in [1.29, 1.82) is 0 Å². The molecule has 0 saturated heterocycles. The summed E-state index contributed by atoms with van der Waals surface area (Å²) < 4.78 is 0. The van der Waals surface area contributed by atoms with Crippen LogP contribution in [0.1, 0.15) is 38.5 Å². The van der Waals surface area contributed by atoms with Gasteiger partial charge in [0.1, 0.15) is 0 Å². The first-order valence-corrected chi connectivity index (χ1v) is 5.15. The standard InChI is InChI=1S/C12H16N2O2/c1-4-5-6-13-12(16)11-8(2)10(7-15)14-9(11)3/h4,7,14H,1,5-6H2,2-3H3,(H,13,16). The van der Waals surface area contributed by atoms with Crippen molar-refractivity contribution in [1.82, 2.24) is 10.3 Å². The third-order valence-corrected chi connectivity index (χ3v) is 2.46. The fourth-order valence-corrected chi connectivity index (χ4v) is 1.61. The number of H-pyrrole nitrogens is 1. The lowest BCUT2D eigenvalue weighted by Crippen LogP contribution is -2.25. The van der Waals surface area contributed by atoms with Gasteiger partial charge in [0.2, 0.25) is 0 Å². The lowest BCUT2D eigenvalue weighted by atomic mass is 10.1. The summed E-state index contributed by atoms with van der Waals surface area (Å²) in [6.07, 6.45) is 3.20. The van der Waals surface area contributed by atoms with Crippen molar-refractivity contribution in [2.45, 2.75) is 20.3 Å². The number of amides is 1. The molecule has 0 saturated carbocycles. The number of rotatable bonds is 5. The number of hydrogen-bond acceptors (Lipinski definition) is 2. The van der Waals surface area contributed by atoms with Crippen LogP contribution in [0.15, 0.2) is 12.7 Å². The SMILES string of the molecule is C=CCCNC(=O)c1c(C)[nH]c(C=O)c1C. The van der Waals surface area contributed by atoms with Crippen LogP contribution >= 0.6 is 0 Å². The highest BCUT2D eigenvalue weighted by atomic mass is 16.1. The highest BCUT2D eigenvalue weighted by Gasteiger charge is 2.16. The molecule has 86 valence electrons. The molecule has 1 aromatic rings. The quantitative estimate of drug-likeness (QED) is 0.451. The molecule has 0 fully saturated rings. The Kier molecular flexibility index (Phi) is 4.05. The maximum absolute atomic E-state index is 11.8. The van der Waals surface area contributed by atoms with Crippen molar-refractivity contribution in [3.8, 4) is 0 Å². The van der Waals surface area contributed by atoms with Gasteiger partial charge < -0.3 is 10.3 Å². The van der Waals surface area contributed by atoms with Gasteiger partial charge >= 0.3 is 0 Å². The predicted molar refractivity (Wildman–Crippen MR) is 62.8 cm³/mol. The molecule has 0 spiro atoms. The topological polar surface area (TPSA) is 62.0 Å². The van der Waals surface area contributed by atoms with Crippen molar-refractivity contribution < 1.29 is 9.59 Å². The Bertz CT molecular complexity index is 419. The summed E-state index contributed by atoms with van der Waals surface area (Å²) in [7, 11) is 0. The maximum Gasteiger partial charge on any atom is 0.253 e. The summed E-state index contributed by atoms with van der Waals surface area (Å²) in [5.41, 5.74) is 2.44. The number of nitrogens with one attached hydrogen (secondary N) is 2. The average Bonchev–Trinajstić information content (AvgIpc) is 2.54. The molecule has 1 amide bonds. The van der Waals surface area contributed by atoms with Crippen LogP contribution in [0, 0.1) is 13.8 Å². The molecule has 1 heterocycles. The molecule has 1 aromatic heterocycles. The monoisotopic (exact) mass is 220 g/mol. The Morgan fingerprint density at radius 2 is 2.19 bits per heavy atom. The minimum Gasteiger partial charge on any atom is -0.356 e. The second-order valence-electron chi connectivity index (χ2n) is 3.61. The molecule has 0 aromatic carbocycles. The first-order chi connectivity index (χ1) is 7.61. The van der Waals surface area contributed by atoms with E-state index in [9.17, 15) is 9.59 Å². The molecule has 0 unspecified atom stereocenters. The average molecular weight is 220 g/mol. The molecule has 0 aliphatic rings. The number of aryl methyl sites for hydroxylation is 1. The number of hydrogen-bond donors (Lipinski definition) is 2. The minimum absolute atomic E-state index is 0.152. The minimum atomic E-state index is -0.152. The van der Waals surface area contributed by atoms with Crippen LogP contribution in [0.4, 0.5) is 0 Å². The van der Waals surface area contributed by atoms with Gasteiger partial charge in [-0.05, 0) is 25.8 Å². The van der Waals surface area contributed by atoms with E-state index in [2.05, 4.69) is 16.9 Å². The zero-order chi connectivity index (χ0) is 12.1. The Balaban J connectivity index is 2.86. The van der Waals surface area contributed by atoms with E-state index in [-0.39, 0.29) is 5.91 Å². The number of aldehydes is 1. The fraction of sp³-hybridized carbons (Fsp3) is 0.333. The van der Waals surface area contributed by atoms with Crippen LogP contribution in [0.25, 0.3) is 0 Å². The molecular weight excluding hydrogens is 204 g/mol. The van der Waals surface area contributed by atoms with E-state index in [0.29, 0.717) is 23.4 Å². The van der Waals surface area contributed by atoms with Gasteiger partial charge in [0.25, 0.3) is 5.91 Å². The summed E-state index contributed by atoms with van der Waals surface area (Å²) in [6, 6.07) is 0.